The van der Waals surface area contributed by atoms with Crippen LogP contribution < -0.4 is 4.74 Å². The molecule has 1 aromatic carbocycles. The molecule has 5 heteroatoms. The SMILES string of the molecule is CCCCCCC[Si@H]1CC[C@H](CCc2ccc(OCC(F)F)c(F)c2)CC1. The van der Waals surface area contributed by atoms with Crippen LogP contribution in [0.15, 0.2) is 18.2 Å². The number of hydrogen-bond donors (Lipinski definition) is 0. The second kappa shape index (κ2) is 12.5. The number of hydrogen-bond acceptors (Lipinski definition) is 1. The summed E-state index contributed by atoms with van der Waals surface area (Å²) in [6.45, 7) is 1.50. The van der Waals surface area contributed by atoms with Gasteiger partial charge in [0.25, 0.3) is 6.43 Å². The van der Waals surface area contributed by atoms with E-state index in [2.05, 4.69) is 6.92 Å². The maximum absolute atomic E-state index is 13.9. The maximum atomic E-state index is 13.9. The quantitative estimate of drug-likeness (QED) is 0.271. The summed E-state index contributed by atoms with van der Waals surface area (Å²) in [4.78, 5) is 0. The lowest BCUT2D eigenvalue weighted by atomic mass is 9.94. The molecule has 154 valence electrons. The monoisotopic (exact) mass is 400 g/mol. The molecular weight excluding hydrogens is 365 g/mol. The van der Waals surface area contributed by atoms with E-state index in [9.17, 15) is 13.2 Å². The molecule has 27 heavy (non-hydrogen) atoms. The highest BCUT2D eigenvalue weighted by Crippen LogP contribution is 2.31. The number of aryl methyl sites for hydroxylation is 1. The fraction of sp³-hybridized carbons (Fsp3) is 0.727. The van der Waals surface area contributed by atoms with E-state index in [1.165, 1.54) is 75.2 Å². The first-order valence-corrected chi connectivity index (χ1v) is 13.2. The Morgan fingerprint density at radius 2 is 1.85 bits per heavy atom. The third kappa shape index (κ3) is 8.71. The minimum Gasteiger partial charge on any atom is -0.485 e. The fourth-order valence-electron chi connectivity index (χ4n) is 4.19. The first-order chi connectivity index (χ1) is 13.1. The smallest absolute Gasteiger partial charge is 0.272 e. The van der Waals surface area contributed by atoms with Crippen LogP contribution in [0.1, 0.15) is 63.9 Å². The van der Waals surface area contributed by atoms with Crippen LogP contribution in [-0.4, -0.2) is 21.8 Å². The second-order valence-electron chi connectivity index (χ2n) is 8.10. The molecule has 1 fully saturated rings. The third-order valence-electron chi connectivity index (χ3n) is 5.88. The average Bonchev–Trinajstić information content (AvgIpc) is 2.66. The highest BCUT2D eigenvalue weighted by atomic mass is 28.3. The van der Waals surface area contributed by atoms with Crippen molar-refractivity contribution < 1.29 is 17.9 Å². The highest BCUT2D eigenvalue weighted by Gasteiger charge is 2.21. The predicted octanol–water partition coefficient (Wildman–Crippen LogP) is 7.01. The lowest BCUT2D eigenvalue weighted by Gasteiger charge is -2.27. The standard InChI is InChI=1S/C22H35F3OSi/c1-2-3-4-5-6-13-27-14-11-18(12-15-27)7-8-19-9-10-21(20(23)16-19)26-17-22(24)25/h9-10,16,18,22,27H,2-8,11-15,17H2,1H3/t18-,27-. The van der Waals surface area contributed by atoms with Crippen molar-refractivity contribution in [1.29, 1.82) is 0 Å². The van der Waals surface area contributed by atoms with Crippen molar-refractivity contribution in [3.05, 3.63) is 29.6 Å². The van der Waals surface area contributed by atoms with Crippen LogP contribution in [0.2, 0.25) is 18.1 Å². The van der Waals surface area contributed by atoms with Gasteiger partial charge in [-0.2, -0.15) is 0 Å². The van der Waals surface area contributed by atoms with Gasteiger partial charge in [0.15, 0.2) is 11.6 Å². The molecule has 2 rings (SSSR count). The van der Waals surface area contributed by atoms with E-state index in [1.807, 2.05) is 0 Å². The number of alkyl halides is 2. The van der Waals surface area contributed by atoms with Gasteiger partial charge in [-0.3, -0.25) is 0 Å². The molecule has 1 nitrogen and oxygen atoms in total. The number of benzene rings is 1. The summed E-state index contributed by atoms with van der Waals surface area (Å²) in [5.41, 5.74) is 0.937. The number of halogens is 3. The van der Waals surface area contributed by atoms with Gasteiger partial charge in [0.05, 0.1) is 0 Å². The van der Waals surface area contributed by atoms with E-state index in [4.69, 9.17) is 4.74 Å². The average molecular weight is 401 g/mol. The van der Waals surface area contributed by atoms with Crippen molar-refractivity contribution in [2.24, 2.45) is 5.92 Å². The third-order valence-corrected chi connectivity index (χ3v) is 9.41. The van der Waals surface area contributed by atoms with Crippen molar-refractivity contribution in [3.63, 3.8) is 0 Å². The zero-order valence-corrected chi connectivity index (χ0v) is 17.9. The molecule has 0 aromatic heterocycles. The Morgan fingerprint density at radius 1 is 1.11 bits per heavy atom. The lowest BCUT2D eigenvalue weighted by Crippen LogP contribution is -2.21. The van der Waals surface area contributed by atoms with E-state index in [0.29, 0.717) is 0 Å². The van der Waals surface area contributed by atoms with Crippen molar-refractivity contribution in [3.8, 4) is 5.75 Å². The maximum Gasteiger partial charge on any atom is 0.272 e. The van der Waals surface area contributed by atoms with Crippen LogP contribution in [0.4, 0.5) is 13.2 Å². The summed E-state index contributed by atoms with van der Waals surface area (Å²) < 4.78 is 43.1. The summed E-state index contributed by atoms with van der Waals surface area (Å²) >= 11 is 0. The van der Waals surface area contributed by atoms with Crippen LogP contribution in [0.25, 0.3) is 0 Å². The van der Waals surface area contributed by atoms with Crippen LogP contribution >= 0.6 is 0 Å². The van der Waals surface area contributed by atoms with E-state index >= 15 is 0 Å². The highest BCUT2D eigenvalue weighted by molar-refractivity contribution is 6.58. The minimum atomic E-state index is -2.58. The van der Waals surface area contributed by atoms with E-state index < -0.39 is 27.6 Å². The van der Waals surface area contributed by atoms with Crippen molar-refractivity contribution in [2.45, 2.75) is 89.3 Å². The summed E-state index contributed by atoms with van der Waals surface area (Å²) in [5.74, 6) is 0.156. The van der Waals surface area contributed by atoms with E-state index in [-0.39, 0.29) is 5.75 Å². The van der Waals surface area contributed by atoms with Gasteiger partial charge in [0.2, 0.25) is 0 Å². The number of ether oxygens (including phenoxy) is 1. The molecule has 1 heterocycles. The molecule has 0 saturated carbocycles. The molecule has 1 aliphatic rings. The normalized spacial score (nSPS) is 20.2. The number of unbranched alkanes of at least 4 members (excludes halogenated alkanes) is 4. The summed E-state index contributed by atoms with van der Waals surface area (Å²) in [7, 11) is -0.484. The topological polar surface area (TPSA) is 9.23 Å². The predicted molar refractivity (Wildman–Crippen MR) is 109 cm³/mol. The van der Waals surface area contributed by atoms with Crippen molar-refractivity contribution >= 4 is 8.80 Å². The van der Waals surface area contributed by atoms with Gasteiger partial charge in [-0.05, 0) is 36.5 Å². The molecule has 0 bridgehead atoms. The van der Waals surface area contributed by atoms with Crippen LogP contribution in [0.3, 0.4) is 0 Å². The fourth-order valence-corrected chi connectivity index (χ4v) is 7.80. The first-order valence-electron chi connectivity index (χ1n) is 10.8. The molecule has 0 radical (unpaired) electrons. The minimum absolute atomic E-state index is 0.0792. The Hall–Kier alpha value is -0.973. The largest absolute Gasteiger partial charge is 0.485 e. The number of rotatable bonds is 12. The van der Waals surface area contributed by atoms with Gasteiger partial charge in [0.1, 0.15) is 6.61 Å². The molecule has 0 amide bonds. The Kier molecular flexibility index (Phi) is 10.3. The molecule has 0 N–H and O–H groups in total. The summed E-state index contributed by atoms with van der Waals surface area (Å²) in [6, 6.07) is 9.22. The van der Waals surface area contributed by atoms with E-state index in [0.717, 1.165) is 24.3 Å². The molecule has 1 aromatic rings. The lowest BCUT2D eigenvalue weighted by molar-refractivity contribution is 0.0799. The second-order valence-corrected chi connectivity index (χ2v) is 11.6. The van der Waals surface area contributed by atoms with Gasteiger partial charge < -0.3 is 4.74 Å². The molecule has 1 saturated heterocycles. The molecule has 0 aliphatic carbocycles. The first kappa shape index (κ1) is 22.3. The van der Waals surface area contributed by atoms with Gasteiger partial charge in [0, 0.05) is 8.80 Å². The molecule has 0 unspecified atom stereocenters. The van der Waals surface area contributed by atoms with E-state index in [1.54, 1.807) is 6.07 Å². The zero-order chi connectivity index (χ0) is 19.5. The summed E-state index contributed by atoms with van der Waals surface area (Å²) in [5, 5.41) is 0. The molecular formula is C22H35F3OSi. The van der Waals surface area contributed by atoms with Gasteiger partial charge in [-0.1, -0.05) is 76.1 Å². The van der Waals surface area contributed by atoms with Crippen molar-refractivity contribution in [1.82, 2.24) is 0 Å². The van der Waals surface area contributed by atoms with Gasteiger partial charge >= 0.3 is 0 Å². The molecule has 1 aliphatic heterocycles. The van der Waals surface area contributed by atoms with Crippen LogP contribution in [0.5, 0.6) is 5.75 Å². The van der Waals surface area contributed by atoms with Crippen LogP contribution in [0, 0.1) is 11.7 Å². The Balaban J connectivity index is 1.64. The Labute approximate surface area is 164 Å². The van der Waals surface area contributed by atoms with Crippen LogP contribution in [-0.2, 0) is 6.42 Å². The Morgan fingerprint density at radius 3 is 2.52 bits per heavy atom. The van der Waals surface area contributed by atoms with Crippen molar-refractivity contribution in [2.75, 3.05) is 6.61 Å². The van der Waals surface area contributed by atoms with Gasteiger partial charge in [-0.15, -0.1) is 0 Å². The summed E-state index contributed by atoms with van der Waals surface area (Å²) in [6.07, 6.45) is 9.06. The molecule has 0 atom stereocenters. The molecule has 0 spiro atoms. The zero-order valence-electron chi connectivity index (χ0n) is 16.7. The van der Waals surface area contributed by atoms with Gasteiger partial charge in [-0.25, -0.2) is 13.2 Å². The Bertz CT molecular complexity index is 530.